The van der Waals surface area contributed by atoms with E-state index in [9.17, 15) is 9.18 Å². The summed E-state index contributed by atoms with van der Waals surface area (Å²) < 4.78 is 13.5. The van der Waals surface area contributed by atoms with E-state index >= 15 is 0 Å². The van der Waals surface area contributed by atoms with Gasteiger partial charge in [-0.2, -0.15) is 0 Å². The van der Waals surface area contributed by atoms with Crippen molar-refractivity contribution >= 4 is 40.5 Å². The van der Waals surface area contributed by atoms with Crippen molar-refractivity contribution in [1.82, 2.24) is 0 Å². The molecular formula is C13H9Cl2FN2O. The molecule has 0 saturated carbocycles. The molecule has 6 heteroatoms. The van der Waals surface area contributed by atoms with E-state index in [2.05, 4.69) is 5.32 Å². The van der Waals surface area contributed by atoms with Crippen LogP contribution in [0.25, 0.3) is 0 Å². The van der Waals surface area contributed by atoms with Crippen molar-refractivity contribution in [3.63, 3.8) is 0 Å². The predicted octanol–water partition coefficient (Wildman–Crippen LogP) is 3.97. The molecule has 3 N–H and O–H groups in total. The molecule has 1 amide bonds. The lowest BCUT2D eigenvalue weighted by atomic mass is 10.2. The maximum Gasteiger partial charge on any atom is 0.258 e. The van der Waals surface area contributed by atoms with Crippen LogP contribution in [0.15, 0.2) is 36.4 Å². The zero-order valence-corrected chi connectivity index (χ0v) is 11.1. The molecule has 2 aromatic carbocycles. The van der Waals surface area contributed by atoms with Crippen molar-refractivity contribution < 1.29 is 9.18 Å². The molecule has 0 aliphatic rings. The summed E-state index contributed by atoms with van der Waals surface area (Å²) >= 11 is 11.5. The Hall–Kier alpha value is -1.78. The summed E-state index contributed by atoms with van der Waals surface area (Å²) in [6, 6.07) is 8.35. The summed E-state index contributed by atoms with van der Waals surface area (Å²) in [5.74, 6) is -1.31. The van der Waals surface area contributed by atoms with E-state index in [1.165, 1.54) is 18.2 Å². The zero-order chi connectivity index (χ0) is 14.0. The van der Waals surface area contributed by atoms with Gasteiger partial charge < -0.3 is 11.1 Å². The third-order valence-electron chi connectivity index (χ3n) is 2.44. The molecule has 0 aliphatic carbocycles. The van der Waals surface area contributed by atoms with E-state index in [1.54, 1.807) is 12.1 Å². The molecule has 19 heavy (non-hydrogen) atoms. The van der Waals surface area contributed by atoms with Crippen LogP contribution in [0.5, 0.6) is 0 Å². The Labute approximate surface area is 119 Å². The van der Waals surface area contributed by atoms with Gasteiger partial charge in [-0.25, -0.2) is 4.39 Å². The molecular weight excluding hydrogens is 290 g/mol. The standard InChI is InChI=1S/C13H9Cl2FN2O/c14-7-1-3-10(16)9(5-7)13(19)18-12-6-8(15)2-4-11(12)17/h1-6H,17H2,(H,18,19). The smallest absolute Gasteiger partial charge is 0.258 e. The average molecular weight is 299 g/mol. The minimum atomic E-state index is -0.664. The lowest BCUT2D eigenvalue weighted by Gasteiger charge is -2.09. The van der Waals surface area contributed by atoms with Crippen molar-refractivity contribution in [2.45, 2.75) is 0 Å². The predicted molar refractivity (Wildman–Crippen MR) is 75.2 cm³/mol. The van der Waals surface area contributed by atoms with Crippen LogP contribution < -0.4 is 11.1 Å². The van der Waals surface area contributed by atoms with Crippen LogP contribution in [0.4, 0.5) is 15.8 Å². The molecule has 0 atom stereocenters. The second kappa shape index (κ2) is 5.47. The number of amides is 1. The number of carbonyl (C=O) groups excluding carboxylic acids is 1. The first kappa shape index (κ1) is 13.6. The molecule has 0 aromatic heterocycles. The van der Waals surface area contributed by atoms with Crippen LogP contribution >= 0.6 is 23.2 Å². The lowest BCUT2D eigenvalue weighted by molar-refractivity contribution is 0.102. The first-order chi connectivity index (χ1) is 8.97. The maximum atomic E-state index is 13.5. The molecule has 98 valence electrons. The first-order valence-corrected chi connectivity index (χ1v) is 6.04. The molecule has 2 rings (SSSR count). The largest absolute Gasteiger partial charge is 0.397 e. The number of halogens is 3. The molecule has 0 heterocycles. The fourth-order valence-corrected chi connectivity index (χ4v) is 1.84. The number of nitrogens with two attached hydrogens (primary N) is 1. The van der Waals surface area contributed by atoms with Gasteiger partial charge in [0.25, 0.3) is 5.91 Å². The third kappa shape index (κ3) is 3.16. The van der Waals surface area contributed by atoms with Gasteiger partial charge in [0.05, 0.1) is 16.9 Å². The summed E-state index contributed by atoms with van der Waals surface area (Å²) in [6.07, 6.45) is 0. The summed E-state index contributed by atoms with van der Waals surface area (Å²) in [5, 5.41) is 3.17. The quantitative estimate of drug-likeness (QED) is 0.824. The van der Waals surface area contributed by atoms with Crippen molar-refractivity contribution in [2.24, 2.45) is 0 Å². The van der Waals surface area contributed by atoms with Crippen molar-refractivity contribution in [2.75, 3.05) is 11.1 Å². The number of rotatable bonds is 2. The highest BCUT2D eigenvalue weighted by atomic mass is 35.5. The van der Waals surface area contributed by atoms with E-state index < -0.39 is 11.7 Å². The van der Waals surface area contributed by atoms with Crippen LogP contribution in [0.1, 0.15) is 10.4 Å². The average Bonchev–Trinajstić information content (AvgIpc) is 2.36. The molecule has 3 nitrogen and oxygen atoms in total. The van der Waals surface area contributed by atoms with Gasteiger partial charge in [0.15, 0.2) is 0 Å². The molecule has 0 bridgehead atoms. The minimum absolute atomic E-state index is 0.160. The van der Waals surface area contributed by atoms with Crippen LogP contribution in [0, 0.1) is 5.82 Å². The van der Waals surface area contributed by atoms with Gasteiger partial charge in [0, 0.05) is 10.0 Å². The molecule has 0 saturated heterocycles. The number of benzene rings is 2. The van der Waals surface area contributed by atoms with Crippen molar-refractivity contribution in [3.05, 3.63) is 57.8 Å². The van der Waals surface area contributed by atoms with E-state index in [0.717, 1.165) is 6.07 Å². The van der Waals surface area contributed by atoms with Gasteiger partial charge in [-0.15, -0.1) is 0 Å². The first-order valence-electron chi connectivity index (χ1n) is 5.29. The van der Waals surface area contributed by atoms with Crippen molar-refractivity contribution in [1.29, 1.82) is 0 Å². The summed E-state index contributed by atoms with van der Waals surface area (Å²) in [7, 11) is 0. The maximum absolute atomic E-state index is 13.5. The Morgan fingerprint density at radius 3 is 2.47 bits per heavy atom. The Morgan fingerprint density at radius 1 is 1.11 bits per heavy atom. The fraction of sp³-hybridized carbons (Fsp3) is 0. The molecule has 0 aliphatic heterocycles. The van der Waals surface area contributed by atoms with Crippen LogP contribution in [0.2, 0.25) is 10.0 Å². The van der Waals surface area contributed by atoms with Gasteiger partial charge in [-0.1, -0.05) is 23.2 Å². The SMILES string of the molecule is Nc1ccc(Cl)cc1NC(=O)c1cc(Cl)ccc1F. The molecule has 0 radical (unpaired) electrons. The second-order valence-electron chi connectivity index (χ2n) is 3.81. The highest BCUT2D eigenvalue weighted by molar-refractivity contribution is 6.31. The minimum Gasteiger partial charge on any atom is -0.397 e. The Bertz CT molecular complexity index is 647. The van der Waals surface area contributed by atoms with Gasteiger partial charge in [-0.05, 0) is 36.4 Å². The molecule has 0 unspecified atom stereocenters. The van der Waals surface area contributed by atoms with E-state index in [4.69, 9.17) is 28.9 Å². The van der Waals surface area contributed by atoms with Crippen LogP contribution in [-0.2, 0) is 0 Å². The Morgan fingerprint density at radius 2 is 1.74 bits per heavy atom. The van der Waals surface area contributed by atoms with E-state index in [0.29, 0.717) is 16.4 Å². The Balaban J connectivity index is 2.30. The van der Waals surface area contributed by atoms with Gasteiger partial charge in [-0.3, -0.25) is 4.79 Å². The summed E-state index contributed by atoms with van der Waals surface area (Å²) in [4.78, 5) is 11.9. The normalized spacial score (nSPS) is 10.3. The van der Waals surface area contributed by atoms with E-state index in [1.807, 2.05) is 0 Å². The topological polar surface area (TPSA) is 55.1 Å². The molecule has 0 spiro atoms. The van der Waals surface area contributed by atoms with Crippen LogP contribution in [-0.4, -0.2) is 5.91 Å². The Kier molecular flexibility index (Phi) is 3.93. The van der Waals surface area contributed by atoms with Gasteiger partial charge in [0.2, 0.25) is 0 Å². The summed E-state index contributed by atoms with van der Waals surface area (Å²) in [6.45, 7) is 0. The second-order valence-corrected chi connectivity index (χ2v) is 4.68. The number of hydrogen-bond acceptors (Lipinski definition) is 2. The number of anilines is 2. The monoisotopic (exact) mass is 298 g/mol. The zero-order valence-electron chi connectivity index (χ0n) is 9.58. The van der Waals surface area contributed by atoms with E-state index in [-0.39, 0.29) is 10.6 Å². The van der Waals surface area contributed by atoms with Gasteiger partial charge in [0.1, 0.15) is 5.82 Å². The highest BCUT2D eigenvalue weighted by Gasteiger charge is 2.13. The van der Waals surface area contributed by atoms with Gasteiger partial charge >= 0.3 is 0 Å². The number of hydrogen-bond donors (Lipinski definition) is 2. The summed E-state index contributed by atoms with van der Waals surface area (Å²) in [5.41, 5.74) is 6.18. The van der Waals surface area contributed by atoms with Crippen LogP contribution in [0.3, 0.4) is 0 Å². The molecule has 2 aromatic rings. The third-order valence-corrected chi connectivity index (χ3v) is 2.91. The number of nitrogens with one attached hydrogen (secondary N) is 1. The fourth-order valence-electron chi connectivity index (χ4n) is 1.50. The highest BCUT2D eigenvalue weighted by Crippen LogP contribution is 2.24. The number of nitrogen functional groups attached to an aromatic ring is 1. The lowest BCUT2D eigenvalue weighted by Crippen LogP contribution is -2.14. The number of carbonyl (C=O) groups is 1. The molecule has 0 fully saturated rings. The van der Waals surface area contributed by atoms with Crippen molar-refractivity contribution in [3.8, 4) is 0 Å².